The summed E-state index contributed by atoms with van der Waals surface area (Å²) in [5, 5.41) is 0. The molecule has 216 valence electrons. The molecule has 0 saturated carbocycles. The van der Waals surface area contributed by atoms with Crippen LogP contribution in [0.4, 0.5) is 0 Å². The Morgan fingerprint density at radius 1 is 0.641 bits per heavy atom. The Bertz CT molecular complexity index is 1030. The first-order valence-electron chi connectivity index (χ1n) is 15.5. The lowest BCUT2D eigenvalue weighted by molar-refractivity contribution is 0.175. The van der Waals surface area contributed by atoms with Gasteiger partial charge < -0.3 is 4.90 Å². The van der Waals surface area contributed by atoms with Crippen molar-refractivity contribution in [3.05, 3.63) is 94.1 Å². The van der Waals surface area contributed by atoms with Crippen molar-refractivity contribution >= 4 is 0 Å². The second-order valence-corrected chi connectivity index (χ2v) is 13.3. The van der Waals surface area contributed by atoms with E-state index >= 15 is 0 Å². The van der Waals surface area contributed by atoms with Crippen molar-refractivity contribution in [2.24, 2.45) is 5.41 Å². The second kappa shape index (κ2) is 14.5. The van der Waals surface area contributed by atoms with E-state index in [0.717, 1.165) is 19.3 Å². The van der Waals surface area contributed by atoms with E-state index in [9.17, 15) is 0 Å². The highest BCUT2D eigenvalue weighted by atomic mass is 15.1. The lowest BCUT2D eigenvalue weighted by Crippen LogP contribution is -2.38. The van der Waals surface area contributed by atoms with Crippen LogP contribution in [-0.4, -0.2) is 24.5 Å². The fourth-order valence-electron chi connectivity index (χ4n) is 6.24. The molecule has 2 aromatic rings. The molecule has 1 heteroatoms. The molecule has 0 aliphatic heterocycles. The maximum absolute atomic E-state index is 2.45. The molecule has 0 aliphatic carbocycles. The third-order valence-electron chi connectivity index (χ3n) is 10.1. The van der Waals surface area contributed by atoms with E-state index in [2.05, 4.69) is 142 Å². The molecule has 0 aliphatic rings. The average Bonchev–Trinajstić information content (AvgIpc) is 2.93. The van der Waals surface area contributed by atoms with Crippen LogP contribution in [-0.2, 0) is 5.41 Å². The van der Waals surface area contributed by atoms with Crippen LogP contribution in [0.3, 0.4) is 0 Å². The highest BCUT2D eigenvalue weighted by Crippen LogP contribution is 2.46. The minimum absolute atomic E-state index is 0.111. The van der Waals surface area contributed by atoms with E-state index in [1.807, 2.05) is 0 Å². The van der Waals surface area contributed by atoms with Crippen molar-refractivity contribution in [2.45, 2.75) is 125 Å². The van der Waals surface area contributed by atoms with E-state index in [4.69, 9.17) is 0 Å². The molecule has 0 heterocycles. The molecule has 0 bridgehead atoms. The van der Waals surface area contributed by atoms with Crippen molar-refractivity contribution in [2.75, 3.05) is 14.1 Å². The number of rotatable bonds is 15. The summed E-state index contributed by atoms with van der Waals surface area (Å²) in [6.07, 6.45) is 9.37. The van der Waals surface area contributed by atoms with Gasteiger partial charge in [-0.2, -0.15) is 0 Å². The maximum atomic E-state index is 2.45. The third-order valence-corrected chi connectivity index (χ3v) is 10.1. The first-order valence-corrected chi connectivity index (χ1v) is 15.5. The van der Waals surface area contributed by atoms with E-state index < -0.39 is 0 Å². The van der Waals surface area contributed by atoms with Crippen LogP contribution < -0.4 is 0 Å². The van der Waals surface area contributed by atoms with E-state index in [0.29, 0.717) is 0 Å². The molecule has 2 aromatic carbocycles. The molecule has 2 rings (SSSR count). The summed E-state index contributed by atoms with van der Waals surface area (Å²) in [6.45, 7) is 21.4. The fourth-order valence-corrected chi connectivity index (χ4v) is 6.24. The van der Waals surface area contributed by atoms with Crippen LogP contribution in [0.5, 0.6) is 0 Å². The number of benzene rings is 2. The molecule has 1 nitrogen and oxygen atoms in total. The summed E-state index contributed by atoms with van der Waals surface area (Å²) < 4.78 is 0. The molecule has 0 N–H and O–H groups in total. The molecule has 0 amide bonds. The first kappa shape index (κ1) is 33.1. The maximum Gasteiger partial charge on any atom is 0.0411 e. The molecule has 0 spiro atoms. The van der Waals surface area contributed by atoms with Gasteiger partial charge in [0.1, 0.15) is 0 Å². The zero-order valence-electron chi connectivity index (χ0n) is 27.4. The van der Waals surface area contributed by atoms with Gasteiger partial charge in [0, 0.05) is 11.0 Å². The van der Waals surface area contributed by atoms with Gasteiger partial charge in [0.2, 0.25) is 0 Å². The minimum atomic E-state index is -0.111. The standard InChI is InChI=1S/C38H59N/c1-12-30(3)31(4)36(6,7)27-20-22-33(13-2)32(5)38(34-23-16-14-17-24-34,35-25-18-15-19-26-35)29-21-28-37(8,9)39(10)11/h14-19,23-26H,12-13,20-22,27-29H2,1-11H3/b31-30-,33-32+. The summed E-state index contributed by atoms with van der Waals surface area (Å²) in [6, 6.07) is 22.7. The highest BCUT2D eigenvalue weighted by molar-refractivity contribution is 5.49. The Balaban J connectivity index is 2.56. The summed E-state index contributed by atoms with van der Waals surface area (Å²) >= 11 is 0. The Labute approximate surface area is 242 Å². The van der Waals surface area contributed by atoms with Crippen LogP contribution in [0.1, 0.15) is 125 Å². The predicted molar refractivity (Wildman–Crippen MR) is 175 cm³/mol. The fraction of sp³-hybridized carbons (Fsp3) is 0.579. The number of hydrogen-bond acceptors (Lipinski definition) is 1. The molecule has 0 radical (unpaired) electrons. The van der Waals surface area contributed by atoms with Gasteiger partial charge in [-0.15, -0.1) is 0 Å². The zero-order valence-corrected chi connectivity index (χ0v) is 27.4. The number of nitrogens with zero attached hydrogens (tertiary/aromatic N) is 1. The largest absolute Gasteiger partial charge is 0.304 e. The van der Waals surface area contributed by atoms with Crippen LogP contribution in [0.2, 0.25) is 0 Å². The number of allylic oxidation sites excluding steroid dienone is 4. The van der Waals surface area contributed by atoms with Gasteiger partial charge in [0.25, 0.3) is 0 Å². The topological polar surface area (TPSA) is 3.24 Å². The van der Waals surface area contributed by atoms with E-state index in [1.165, 1.54) is 43.2 Å². The van der Waals surface area contributed by atoms with Crippen molar-refractivity contribution in [1.82, 2.24) is 4.90 Å². The quantitative estimate of drug-likeness (QED) is 0.207. The molecule has 39 heavy (non-hydrogen) atoms. The van der Waals surface area contributed by atoms with Gasteiger partial charge in [0.05, 0.1) is 0 Å². The van der Waals surface area contributed by atoms with Gasteiger partial charge in [-0.1, -0.05) is 117 Å². The molecular formula is C38H59N. The monoisotopic (exact) mass is 529 g/mol. The Hall–Kier alpha value is -2.12. The summed E-state index contributed by atoms with van der Waals surface area (Å²) in [7, 11) is 4.42. The van der Waals surface area contributed by atoms with Gasteiger partial charge in [-0.25, -0.2) is 0 Å². The van der Waals surface area contributed by atoms with Crippen molar-refractivity contribution < 1.29 is 0 Å². The van der Waals surface area contributed by atoms with E-state index in [1.54, 1.807) is 22.3 Å². The van der Waals surface area contributed by atoms with Crippen LogP contribution in [0, 0.1) is 5.41 Å². The van der Waals surface area contributed by atoms with E-state index in [-0.39, 0.29) is 16.4 Å². The third kappa shape index (κ3) is 8.20. The van der Waals surface area contributed by atoms with Gasteiger partial charge >= 0.3 is 0 Å². The predicted octanol–water partition coefficient (Wildman–Crippen LogP) is 11.2. The lowest BCUT2D eigenvalue weighted by atomic mass is 9.64. The van der Waals surface area contributed by atoms with Crippen LogP contribution >= 0.6 is 0 Å². The molecule has 0 fully saturated rings. The summed E-state index contributed by atoms with van der Waals surface area (Å²) in [4.78, 5) is 2.37. The Morgan fingerprint density at radius 3 is 1.59 bits per heavy atom. The van der Waals surface area contributed by atoms with Crippen LogP contribution in [0.15, 0.2) is 83.0 Å². The summed E-state index contributed by atoms with van der Waals surface area (Å²) in [5.74, 6) is 0. The molecular weight excluding hydrogens is 470 g/mol. The molecule has 0 unspecified atom stereocenters. The highest BCUT2D eigenvalue weighted by Gasteiger charge is 2.37. The average molecular weight is 530 g/mol. The summed E-state index contributed by atoms with van der Waals surface area (Å²) in [5.41, 5.74) is 9.52. The van der Waals surface area contributed by atoms with Gasteiger partial charge in [-0.3, -0.25) is 0 Å². The molecule has 0 aromatic heterocycles. The smallest absolute Gasteiger partial charge is 0.0411 e. The first-order chi connectivity index (χ1) is 18.3. The minimum Gasteiger partial charge on any atom is -0.304 e. The molecule has 0 atom stereocenters. The van der Waals surface area contributed by atoms with Crippen molar-refractivity contribution in [3.63, 3.8) is 0 Å². The normalized spacial score (nSPS) is 14.4. The Kier molecular flexibility index (Phi) is 12.3. The van der Waals surface area contributed by atoms with Crippen molar-refractivity contribution in [3.8, 4) is 0 Å². The van der Waals surface area contributed by atoms with Crippen molar-refractivity contribution in [1.29, 1.82) is 0 Å². The number of hydrogen-bond donors (Lipinski definition) is 0. The SMILES string of the molecule is CC/C(C)=C(/C)C(C)(C)CCC/C(CC)=C(\C)C(CCCC(C)(C)N(C)C)(c1ccccc1)c1ccccc1. The van der Waals surface area contributed by atoms with Gasteiger partial charge in [-0.05, 0) is 110 Å². The molecule has 0 saturated heterocycles. The van der Waals surface area contributed by atoms with Crippen LogP contribution in [0.25, 0.3) is 0 Å². The second-order valence-electron chi connectivity index (χ2n) is 13.3. The zero-order chi connectivity index (χ0) is 29.3. The van der Waals surface area contributed by atoms with Gasteiger partial charge in [0.15, 0.2) is 0 Å². The Morgan fingerprint density at radius 2 is 1.15 bits per heavy atom. The lowest BCUT2D eigenvalue weighted by Gasteiger charge is -2.40.